The van der Waals surface area contributed by atoms with Crippen LogP contribution in [-0.4, -0.2) is 22.5 Å². The summed E-state index contributed by atoms with van der Waals surface area (Å²) in [6.45, 7) is 5.66. The molecule has 1 amide bonds. The predicted molar refractivity (Wildman–Crippen MR) is 66.8 cm³/mol. The van der Waals surface area contributed by atoms with E-state index < -0.39 is 5.54 Å². The monoisotopic (exact) mass is 241 g/mol. The van der Waals surface area contributed by atoms with E-state index in [0.29, 0.717) is 6.42 Å². The Hall–Kier alpha value is -1.26. The quantitative estimate of drug-likeness (QED) is 0.302. The first-order valence-corrected chi connectivity index (χ1v) is 6.18. The molecule has 0 saturated heterocycles. The number of hydrogen-bond acceptors (Lipinski definition) is 3. The molecule has 0 bridgehead atoms. The molecule has 1 atom stereocenters. The van der Waals surface area contributed by atoms with Gasteiger partial charge in [-0.25, -0.2) is 0 Å². The minimum Gasteiger partial charge on any atom is -0.409 e. The first kappa shape index (κ1) is 13.8. The zero-order chi connectivity index (χ0) is 13.1. The van der Waals surface area contributed by atoms with Gasteiger partial charge < -0.3 is 16.3 Å². The van der Waals surface area contributed by atoms with Crippen molar-refractivity contribution in [3.05, 3.63) is 0 Å². The second-order valence-corrected chi connectivity index (χ2v) is 5.39. The van der Waals surface area contributed by atoms with Gasteiger partial charge in [0.15, 0.2) is 5.84 Å². The summed E-state index contributed by atoms with van der Waals surface area (Å²) >= 11 is 0. The molecule has 4 N–H and O–H groups in total. The van der Waals surface area contributed by atoms with E-state index in [9.17, 15) is 4.79 Å². The molecule has 5 heteroatoms. The SMILES string of the molecule is CCC(C)(NC(=O)C1(C)CCCC1)C(N)=NO. The van der Waals surface area contributed by atoms with Gasteiger partial charge in [0.2, 0.25) is 5.91 Å². The standard InChI is InChI=1S/C12H23N3O2/c1-4-12(3,9(13)15-17)14-10(16)11(2)7-5-6-8-11/h17H,4-8H2,1-3H3,(H2,13,15)(H,14,16). The van der Waals surface area contributed by atoms with Crippen LogP contribution in [0.1, 0.15) is 52.9 Å². The Labute approximate surface area is 102 Å². The molecule has 1 rings (SSSR count). The number of amidine groups is 1. The zero-order valence-electron chi connectivity index (χ0n) is 10.9. The second kappa shape index (κ2) is 4.94. The van der Waals surface area contributed by atoms with Crippen LogP contribution in [-0.2, 0) is 4.79 Å². The molecule has 0 aromatic carbocycles. The van der Waals surface area contributed by atoms with Gasteiger partial charge in [0.1, 0.15) is 0 Å². The Bertz CT molecular complexity index is 322. The Morgan fingerprint density at radius 3 is 2.47 bits per heavy atom. The summed E-state index contributed by atoms with van der Waals surface area (Å²) in [5, 5.41) is 14.7. The minimum atomic E-state index is -0.766. The van der Waals surface area contributed by atoms with Crippen LogP contribution in [0.4, 0.5) is 0 Å². The molecular formula is C12H23N3O2. The van der Waals surface area contributed by atoms with Crippen LogP contribution in [0.5, 0.6) is 0 Å². The van der Waals surface area contributed by atoms with Gasteiger partial charge in [-0.3, -0.25) is 4.79 Å². The maximum absolute atomic E-state index is 12.3. The van der Waals surface area contributed by atoms with Gasteiger partial charge >= 0.3 is 0 Å². The highest BCUT2D eigenvalue weighted by atomic mass is 16.4. The lowest BCUT2D eigenvalue weighted by molar-refractivity contribution is -0.131. The third-order valence-corrected chi connectivity index (χ3v) is 4.02. The van der Waals surface area contributed by atoms with Crippen LogP contribution < -0.4 is 11.1 Å². The molecule has 0 aliphatic heterocycles. The van der Waals surface area contributed by atoms with Gasteiger partial charge in [-0.1, -0.05) is 31.8 Å². The fraction of sp³-hybridized carbons (Fsp3) is 0.833. The van der Waals surface area contributed by atoms with Crippen molar-refractivity contribution >= 4 is 11.7 Å². The molecule has 0 aromatic heterocycles. The number of nitrogens with two attached hydrogens (primary N) is 1. The maximum Gasteiger partial charge on any atom is 0.226 e. The van der Waals surface area contributed by atoms with Crippen molar-refractivity contribution in [2.75, 3.05) is 0 Å². The average Bonchev–Trinajstić information content (AvgIpc) is 2.76. The fourth-order valence-corrected chi connectivity index (χ4v) is 2.23. The van der Waals surface area contributed by atoms with Crippen molar-refractivity contribution in [2.45, 2.75) is 58.4 Å². The number of rotatable bonds is 4. The van der Waals surface area contributed by atoms with Crippen LogP contribution in [0.3, 0.4) is 0 Å². The Morgan fingerprint density at radius 2 is 2.06 bits per heavy atom. The van der Waals surface area contributed by atoms with Crippen molar-refractivity contribution < 1.29 is 10.0 Å². The van der Waals surface area contributed by atoms with E-state index in [-0.39, 0.29) is 17.2 Å². The smallest absolute Gasteiger partial charge is 0.226 e. The van der Waals surface area contributed by atoms with Crippen molar-refractivity contribution in [3.63, 3.8) is 0 Å². The number of carbonyl (C=O) groups is 1. The molecule has 1 saturated carbocycles. The van der Waals surface area contributed by atoms with Gasteiger partial charge in [-0.05, 0) is 26.2 Å². The molecule has 17 heavy (non-hydrogen) atoms. The van der Waals surface area contributed by atoms with E-state index in [0.717, 1.165) is 25.7 Å². The minimum absolute atomic E-state index is 0.00551. The normalized spacial score (nSPS) is 23.1. The Balaban J connectivity index is 2.78. The number of nitrogens with zero attached hydrogens (tertiary/aromatic N) is 1. The average molecular weight is 241 g/mol. The molecule has 1 fully saturated rings. The van der Waals surface area contributed by atoms with Gasteiger partial charge in [-0.15, -0.1) is 0 Å². The van der Waals surface area contributed by atoms with Crippen LogP contribution >= 0.6 is 0 Å². The number of nitrogens with one attached hydrogen (secondary N) is 1. The Morgan fingerprint density at radius 1 is 1.53 bits per heavy atom. The largest absolute Gasteiger partial charge is 0.409 e. The molecule has 0 spiro atoms. The van der Waals surface area contributed by atoms with Crippen molar-refractivity contribution in [2.24, 2.45) is 16.3 Å². The molecule has 5 nitrogen and oxygen atoms in total. The molecule has 1 aliphatic carbocycles. The third kappa shape index (κ3) is 2.70. The van der Waals surface area contributed by atoms with Crippen molar-refractivity contribution in [1.82, 2.24) is 5.32 Å². The predicted octanol–water partition coefficient (Wildman–Crippen LogP) is 1.60. The second-order valence-electron chi connectivity index (χ2n) is 5.39. The first-order chi connectivity index (χ1) is 7.88. The number of carbonyl (C=O) groups excluding carboxylic acids is 1. The molecule has 1 aliphatic rings. The maximum atomic E-state index is 12.3. The van der Waals surface area contributed by atoms with Crippen molar-refractivity contribution in [1.29, 1.82) is 0 Å². The summed E-state index contributed by atoms with van der Waals surface area (Å²) in [4.78, 5) is 12.3. The van der Waals surface area contributed by atoms with Crippen molar-refractivity contribution in [3.8, 4) is 0 Å². The zero-order valence-corrected chi connectivity index (χ0v) is 10.9. The highest BCUT2D eigenvalue weighted by molar-refractivity contribution is 5.94. The molecule has 0 radical (unpaired) electrons. The summed E-state index contributed by atoms with van der Waals surface area (Å²) in [6, 6.07) is 0. The topological polar surface area (TPSA) is 87.7 Å². The first-order valence-electron chi connectivity index (χ1n) is 6.18. The molecule has 1 unspecified atom stereocenters. The molecule has 0 aromatic rings. The summed E-state index contributed by atoms with van der Waals surface area (Å²) < 4.78 is 0. The summed E-state index contributed by atoms with van der Waals surface area (Å²) in [7, 11) is 0. The Kier molecular flexibility index (Phi) is 4.01. The highest BCUT2D eigenvalue weighted by Gasteiger charge is 2.40. The summed E-state index contributed by atoms with van der Waals surface area (Å²) in [6.07, 6.45) is 4.60. The van der Waals surface area contributed by atoms with E-state index in [1.807, 2.05) is 13.8 Å². The lowest BCUT2D eigenvalue weighted by Gasteiger charge is -2.32. The van der Waals surface area contributed by atoms with Gasteiger partial charge in [0, 0.05) is 5.41 Å². The number of oxime groups is 1. The third-order valence-electron chi connectivity index (χ3n) is 4.02. The number of amides is 1. The van der Waals surface area contributed by atoms with Crippen LogP contribution in [0.25, 0.3) is 0 Å². The van der Waals surface area contributed by atoms with Gasteiger partial charge in [-0.2, -0.15) is 0 Å². The number of hydrogen-bond donors (Lipinski definition) is 3. The van der Waals surface area contributed by atoms with E-state index in [4.69, 9.17) is 10.9 Å². The summed E-state index contributed by atoms with van der Waals surface area (Å²) in [5.41, 5.74) is 4.57. The van der Waals surface area contributed by atoms with Gasteiger partial charge in [0.25, 0.3) is 0 Å². The highest BCUT2D eigenvalue weighted by Crippen LogP contribution is 2.38. The van der Waals surface area contributed by atoms with E-state index in [1.165, 1.54) is 0 Å². The van der Waals surface area contributed by atoms with E-state index in [2.05, 4.69) is 10.5 Å². The fourth-order valence-electron chi connectivity index (χ4n) is 2.23. The van der Waals surface area contributed by atoms with Crippen LogP contribution in [0, 0.1) is 5.41 Å². The van der Waals surface area contributed by atoms with Crippen LogP contribution in [0.2, 0.25) is 0 Å². The summed E-state index contributed by atoms with van der Waals surface area (Å²) in [5.74, 6) is 0.0564. The lowest BCUT2D eigenvalue weighted by Crippen LogP contribution is -2.57. The lowest BCUT2D eigenvalue weighted by atomic mass is 9.85. The van der Waals surface area contributed by atoms with Gasteiger partial charge in [0.05, 0.1) is 5.54 Å². The molecule has 0 heterocycles. The van der Waals surface area contributed by atoms with E-state index in [1.54, 1.807) is 6.92 Å². The van der Waals surface area contributed by atoms with E-state index >= 15 is 0 Å². The molecule has 98 valence electrons. The molecular weight excluding hydrogens is 218 g/mol. The van der Waals surface area contributed by atoms with Crippen LogP contribution in [0.15, 0.2) is 5.16 Å².